The molecule has 14 nitrogen and oxygen atoms in total. The maximum atomic E-state index is 14.1. The Labute approximate surface area is 405 Å². The number of aromatic nitrogens is 2. The number of alkyl halides is 2. The van der Waals surface area contributed by atoms with Gasteiger partial charge < -0.3 is 34.3 Å². The van der Waals surface area contributed by atoms with E-state index in [9.17, 15) is 28.0 Å². The van der Waals surface area contributed by atoms with Gasteiger partial charge >= 0.3 is 6.11 Å². The summed E-state index contributed by atoms with van der Waals surface area (Å²) >= 11 is 0. The molecule has 16 heteroatoms. The van der Waals surface area contributed by atoms with Crippen molar-refractivity contribution in [1.82, 2.24) is 35.1 Å². The summed E-state index contributed by atoms with van der Waals surface area (Å²) in [6, 6.07) is 18.2. The first kappa shape index (κ1) is 53.8. The zero-order valence-electron chi connectivity index (χ0n) is 41.3. The predicted octanol–water partition coefficient (Wildman–Crippen LogP) is 7.29. The summed E-state index contributed by atoms with van der Waals surface area (Å²) in [5, 5.41) is 14.2. The number of ether oxygens (including phenoxy) is 2. The van der Waals surface area contributed by atoms with Crippen LogP contribution in [-0.4, -0.2) is 119 Å². The number of carbonyl (C=O) groups excluding carboxylic acids is 4. The molecule has 2 aliphatic rings. The second-order valence-corrected chi connectivity index (χ2v) is 18.8. The first-order chi connectivity index (χ1) is 32.8. The molecule has 3 unspecified atom stereocenters. The first-order valence-electron chi connectivity index (χ1n) is 23.7. The highest BCUT2D eigenvalue weighted by Crippen LogP contribution is 2.42. The van der Waals surface area contributed by atoms with E-state index in [1.165, 1.54) is 10.8 Å². The van der Waals surface area contributed by atoms with Crippen LogP contribution in [0.25, 0.3) is 33.3 Å². The Morgan fingerprint density at radius 3 is 2.36 bits per heavy atom. The Morgan fingerprint density at radius 1 is 1.03 bits per heavy atom. The molecular weight excluding hydrogens is 885 g/mol. The highest BCUT2D eigenvalue weighted by molar-refractivity contribution is 5.95. The standard InChI is InChI=1S/C45H60N6O5.C8H9F2NO2/c1-10-50-40-19-18-35(25-37(40)38(26-45(6,7)27-56-29-53)43(50)36-17-14-20-46-41(36)32(5)55-9)34-16-13-15-33(23-34)24-39(44(54)51-22-12-11-21-47-51)48-31(4)42(30(2)3)49(8)28-52;9-8(10,13)4-3-7(12)11-5-1-2-6-11/h13-20,23,25,28-30,32,39,42,47-48H,4,10-12,21-22,24,26-27H2,1-3,5-9H3;13H,1-2,5-6H2. The van der Waals surface area contributed by atoms with Crippen LogP contribution in [0.4, 0.5) is 8.78 Å². The van der Waals surface area contributed by atoms with E-state index in [1.807, 2.05) is 32.9 Å². The van der Waals surface area contributed by atoms with Crippen LogP contribution in [0, 0.1) is 23.2 Å². The van der Waals surface area contributed by atoms with E-state index in [4.69, 9.17) is 19.6 Å². The summed E-state index contributed by atoms with van der Waals surface area (Å²) in [6.07, 6.45) is 3.10. The van der Waals surface area contributed by atoms with Gasteiger partial charge in [0.15, 0.2) is 0 Å². The van der Waals surface area contributed by atoms with E-state index in [2.05, 4.69) is 85.1 Å². The molecule has 0 saturated carbocycles. The smallest absolute Gasteiger partial charge is 0.421 e. The van der Waals surface area contributed by atoms with Gasteiger partial charge in [-0.05, 0) is 98.4 Å². The van der Waals surface area contributed by atoms with Crippen molar-refractivity contribution in [1.29, 1.82) is 0 Å². The molecule has 2 fully saturated rings. The number of nitrogens with one attached hydrogen (secondary N) is 2. The summed E-state index contributed by atoms with van der Waals surface area (Å²) in [5.74, 6) is 2.28. The molecule has 2 aliphatic heterocycles. The third kappa shape index (κ3) is 14.2. The minimum absolute atomic E-state index is 0.0502. The van der Waals surface area contributed by atoms with E-state index < -0.39 is 18.1 Å². The lowest BCUT2D eigenvalue weighted by Gasteiger charge is -2.35. The van der Waals surface area contributed by atoms with Gasteiger partial charge in [0.1, 0.15) is 6.04 Å². The Bertz CT molecular complexity index is 2480. The van der Waals surface area contributed by atoms with Gasteiger partial charge in [0.25, 0.3) is 18.3 Å². The number of rotatable bonds is 19. The number of fused-ring (bicyclic) bond motifs is 1. The van der Waals surface area contributed by atoms with Crippen LogP contribution < -0.4 is 10.7 Å². The van der Waals surface area contributed by atoms with Gasteiger partial charge in [-0.15, -0.1) is 0 Å². The van der Waals surface area contributed by atoms with E-state index in [0.717, 1.165) is 95.3 Å². The Balaban J connectivity index is 0.000000590. The molecule has 2 aromatic heterocycles. The van der Waals surface area contributed by atoms with Crippen LogP contribution in [0.15, 0.2) is 73.1 Å². The van der Waals surface area contributed by atoms with E-state index in [0.29, 0.717) is 44.6 Å². The number of benzene rings is 2. The van der Waals surface area contributed by atoms with Crippen LogP contribution in [-0.2, 0) is 48.0 Å². The number of halogens is 2. The lowest BCUT2D eigenvalue weighted by Crippen LogP contribution is -2.56. The van der Waals surface area contributed by atoms with E-state index in [1.54, 1.807) is 36.2 Å². The number of carbonyl (C=O) groups is 4. The Hall–Kier alpha value is -6.15. The number of hydrazine groups is 1. The number of amides is 3. The molecule has 2 saturated heterocycles. The predicted molar refractivity (Wildman–Crippen MR) is 263 cm³/mol. The number of nitrogens with zero attached hydrogens (tertiary/aromatic N) is 5. The lowest BCUT2D eigenvalue weighted by molar-refractivity contribution is -0.146. The quantitative estimate of drug-likeness (QED) is 0.0644. The number of hydrogen-bond acceptors (Lipinski definition) is 10. The van der Waals surface area contributed by atoms with Gasteiger partial charge in [0.2, 0.25) is 6.41 Å². The monoisotopic (exact) mass is 954 g/mol. The maximum Gasteiger partial charge on any atom is 0.421 e. The molecule has 3 amide bonds. The molecule has 0 aliphatic carbocycles. The minimum atomic E-state index is -4.07. The second-order valence-electron chi connectivity index (χ2n) is 18.8. The van der Waals surface area contributed by atoms with Crippen LogP contribution >= 0.6 is 0 Å². The third-order valence-corrected chi connectivity index (χ3v) is 12.6. The van der Waals surface area contributed by atoms with Crippen molar-refractivity contribution < 1.29 is 42.5 Å². The van der Waals surface area contributed by atoms with Gasteiger partial charge in [-0.25, -0.2) is 5.43 Å². The Morgan fingerprint density at radius 2 is 1.74 bits per heavy atom. The van der Waals surface area contributed by atoms with Crippen molar-refractivity contribution in [2.75, 3.05) is 46.9 Å². The van der Waals surface area contributed by atoms with Gasteiger partial charge in [-0.2, -0.15) is 8.78 Å². The van der Waals surface area contributed by atoms with Crippen molar-refractivity contribution in [3.8, 4) is 34.2 Å². The fourth-order valence-electron chi connectivity index (χ4n) is 9.26. The third-order valence-electron chi connectivity index (χ3n) is 12.6. The zero-order valence-corrected chi connectivity index (χ0v) is 41.3. The number of aryl methyl sites for hydroxylation is 1. The fourth-order valence-corrected chi connectivity index (χ4v) is 9.26. The first-order valence-corrected chi connectivity index (χ1v) is 23.7. The van der Waals surface area contributed by atoms with Crippen LogP contribution in [0.2, 0.25) is 0 Å². The van der Waals surface area contributed by atoms with E-state index in [-0.39, 0.29) is 36.0 Å². The number of methoxy groups -OCH3 is 1. The summed E-state index contributed by atoms with van der Waals surface area (Å²) in [7, 11) is 3.44. The molecule has 4 heterocycles. The highest BCUT2D eigenvalue weighted by atomic mass is 19.3. The Kier molecular flexibility index (Phi) is 19.0. The molecular formula is C53H69F2N7O7. The molecule has 2 aromatic carbocycles. The zero-order chi connectivity index (χ0) is 50.5. The van der Waals surface area contributed by atoms with E-state index >= 15 is 0 Å². The molecule has 3 N–H and O–H groups in total. The van der Waals surface area contributed by atoms with Gasteiger partial charge in [0.05, 0.1) is 30.1 Å². The highest BCUT2D eigenvalue weighted by Gasteiger charge is 2.31. The molecule has 69 heavy (non-hydrogen) atoms. The van der Waals surface area contributed by atoms with Crippen molar-refractivity contribution in [2.45, 2.75) is 111 Å². The van der Waals surface area contributed by atoms with Gasteiger partial charge in [0, 0.05) is 98.9 Å². The van der Waals surface area contributed by atoms with Crippen LogP contribution in [0.5, 0.6) is 0 Å². The summed E-state index contributed by atoms with van der Waals surface area (Å²) < 4.78 is 37.0. The fraction of sp³-hybridized carbons (Fsp3) is 0.491. The largest absolute Gasteiger partial charge is 0.467 e. The summed E-state index contributed by atoms with van der Waals surface area (Å²) in [4.78, 5) is 55.9. The number of hydrogen-bond donors (Lipinski definition) is 3. The average molecular weight is 954 g/mol. The molecule has 6 rings (SSSR count). The SMILES string of the molecule is C=C(NC(Cc1cccc(-c2ccc3c(c2)c(CC(C)(C)COC=O)c(-c2cccnc2C(C)OC)n3CC)c1)C(=O)N1CCCCN1)C(C(C)C)N(C)C=O.O=C(C#CC(O)(F)F)N1CCCC1. The van der Waals surface area contributed by atoms with Crippen molar-refractivity contribution >= 4 is 35.6 Å². The maximum absolute atomic E-state index is 14.1. The number of pyridine rings is 1. The van der Waals surface area contributed by atoms with Gasteiger partial charge in [-0.3, -0.25) is 29.2 Å². The number of aliphatic hydroxyl groups is 1. The van der Waals surface area contributed by atoms with Crippen molar-refractivity contribution in [2.24, 2.45) is 11.3 Å². The molecule has 0 radical (unpaired) electrons. The molecule has 3 atom stereocenters. The molecule has 372 valence electrons. The topological polar surface area (TPSA) is 159 Å². The van der Waals surface area contributed by atoms with Crippen molar-refractivity contribution in [3.63, 3.8) is 0 Å². The number of likely N-dealkylation sites (N-methyl/N-ethyl adjacent to an activating group) is 1. The van der Waals surface area contributed by atoms with Crippen LogP contribution in [0.1, 0.15) is 90.2 Å². The number of likely N-dealkylation sites (tertiary alicyclic amines) is 1. The second kappa shape index (κ2) is 24.4. The average Bonchev–Trinajstić information content (AvgIpc) is 3.99. The van der Waals surface area contributed by atoms with Crippen molar-refractivity contribution in [3.05, 3.63) is 89.9 Å². The molecule has 4 aromatic rings. The lowest BCUT2D eigenvalue weighted by atomic mass is 9.84. The molecule has 0 bridgehead atoms. The molecule has 0 spiro atoms. The minimum Gasteiger partial charge on any atom is -0.467 e. The summed E-state index contributed by atoms with van der Waals surface area (Å²) in [5.41, 5.74) is 11.8. The van der Waals surface area contributed by atoms with Gasteiger partial charge in [-0.1, -0.05) is 64.6 Å². The summed E-state index contributed by atoms with van der Waals surface area (Å²) in [6.45, 7) is 20.8. The van der Waals surface area contributed by atoms with Crippen LogP contribution in [0.3, 0.4) is 0 Å². The normalized spacial score (nSPS) is 15.3.